The minimum atomic E-state index is 0.519. The van der Waals surface area contributed by atoms with E-state index >= 15 is 0 Å². The number of aromatic nitrogens is 3. The van der Waals surface area contributed by atoms with E-state index in [0.717, 1.165) is 30.9 Å². The number of benzene rings is 1. The lowest BCUT2D eigenvalue weighted by Gasteiger charge is -2.10. The van der Waals surface area contributed by atoms with Crippen LogP contribution in [0.3, 0.4) is 0 Å². The van der Waals surface area contributed by atoms with Gasteiger partial charge in [-0.3, -0.25) is 0 Å². The van der Waals surface area contributed by atoms with Gasteiger partial charge in [0.25, 0.3) is 0 Å². The first-order chi connectivity index (χ1) is 9.22. The number of hydrogen-bond acceptors (Lipinski definition) is 3. The Balaban J connectivity index is 2.21. The molecule has 2 aromatic rings. The van der Waals surface area contributed by atoms with Gasteiger partial charge in [0.2, 0.25) is 0 Å². The molecule has 1 N–H and O–H groups in total. The van der Waals surface area contributed by atoms with Crippen LogP contribution in [-0.2, 0) is 6.54 Å². The maximum absolute atomic E-state index is 4.19. The topological polar surface area (TPSA) is 42.7 Å². The summed E-state index contributed by atoms with van der Waals surface area (Å²) >= 11 is 0. The van der Waals surface area contributed by atoms with E-state index in [9.17, 15) is 0 Å². The molecular formula is C15H22N4. The van der Waals surface area contributed by atoms with Gasteiger partial charge in [0, 0.05) is 6.54 Å². The molecule has 0 amide bonds. The molecule has 0 saturated carbocycles. The maximum Gasteiger partial charge on any atom is 0.0783 e. The highest BCUT2D eigenvalue weighted by atomic mass is 15.4. The smallest absolute Gasteiger partial charge is 0.0783 e. The highest BCUT2D eigenvalue weighted by Crippen LogP contribution is 2.18. The third kappa shape index (κ3) is 3.41. The molecule has 0 aliphatic heterocycles. The van der Waals surface area contributed by atoms with Crippen LogP contribution in [0.25, 0.3) is 5.69 Å². The van der Waals surface area contributed by atoms with Gasteiger partial charge in [-0.2, -0.15) is 0 Å². The third-order valence-corrected chi connectivity index (χ3v) is 3.13. The fraction of sp³-hybridized carbons (Fsp3) is 0.467. The van der Waals surface area contributed by atoms with Crippen molar-refractivity contribution in [2.24, 2.45) is 0 Å². The highest BCUT2D eigenvalue weighted by molar-refractivity contribution is 5.37. The molecule has 1 heterocycles. The van der Waals surface area contributed by atoms with Gasteiger partial charge in [-0.25, -0.2) is 4.68 Å². The summed E-state index contributed by atoms with van der Waals surface area (Å²) in [6, 6.07) is 8.49. The van der Waals surface area contributed by atoms with Crippen LogP contribution >= 0.6 is 0 Å². The summed E-state index contributed by atoms with van der Waals surface area (Å²) in [7, 11) is 0. The van der Waals surface area contributed by atoms with E-state index in [0.29, 0.717) is 5.92 Å². The minimum Gasteiger partial charge on any atom is -0.311 e. The van der Waals surface area contributed by atoms with Gasteiger partial charge in [-0.15, -0.1) is 5.10 Å². The summed E-state index contributed by atoms with van der Waals surface area (Å²) in [5, 5.41) is 11.6. The quantitative estimate of drug-likeness (QED) is 0.810. The van der Waals surface area contributed by atoms with Crippen LogP contribution in [0.5, 0.6) is 0 Å². The Bertz CT molecular complexity index is 516. The average Bonchev–Trinajstić information content (AvgIpc) is 2.87. The van der Waals surface area contributed by atoms with Crippen LogP contribution in [0.2, 0.25) is 0 Å². The summed E-state index contributed by atoms with van der Waals surface area (Å²) in [5.41, 5.74) is 3.49. The lowest BCUT2D eigenvalue weighted by molar-refractivity contribution is 0.641. The molecule has 0 aliphatic carbocycles. The number of nitrogens with one attached hydrogen (secondary N) is 1. The zero-order valence-corrected chi connectivity index (χ0v) is 11.9. The van der Waals surface area contributed by atoms with Crippen LogP contribution < -0.4 is 5.32 Å². The van der Waals surface area contributed by atoms with Crippen molar-refractivity contribution >= 4 is 0 Å². The van der Waals surface area contributed by atoms with Gasteiger partial charge in [0.1, 0.15) is 0 Å². The average molecular weight is 258 g/mol. The van der Waals surface area contributed by atoms with Gasteiger partial charge in [-0.1, -0.05) is 38.1 Å². The van der Waals surface area contributed by atoms with Crippen molar-refractivity contribution in [3.8, 4) is 5.69 Å². The summed E-state index contributed by atoms with van der Waals surface area (Å²) < 4.78 is 1.91. The van der Waals surface area contributed by atoms with Crippen LogP contribution in [0, 0.1) is 0 Å². The Morgan fingerprint density at radius 3 is 2.89 bits per heavy atom. The summed E-state index contributed by atoms with van der Waals surface area (Å²) in [5.74, 6) is 0.519. The molecule has 2 rings (SSSR count). The third-order valence-electron chi connectivity index (χ3n) is 3.13. The maximum atomic E-state index is 4.19. The zero-order chi connectivity index (χ0) is 13.7. The van der Waals surface area contributed by atoms with Crippen molar-refractivity contribution in [1.82, 2.24) is 20.3 Å². The lowest BCUT2D eigenvalue weighted by atomic mass is 10.0. The molecule has 0 unspecified atom stereocenters. The van der Waals surface area contributed by atoms with E-state index in [1.54, 1.807) is 0 Å². The first-order valence-electron chi connectivity index (χ1n) is 6.93. The van der Waals surface area contributed by atoms with E-state index < -0.39 is 0 Å². The lowest BCUT2D eigenvalue weighted by Crippen LogP contribution is -2.16. The molecule has 0 atom stereocenters. The van der Waals surface area contributed by atoms with Gasteiger partial charge in [0.15, 0.2) is 0 Å². The Morgan fingerprint density at radius 1 is 1.32 bits per heavy atom. The van der Waals surface area contributed by atoms with Crippen LogP contribution in [0.4, 0.5) is 0 Å². The molecular weight excluding hydrogens is 236 g/mol. The molecule has 19 heavy (non-hydrogen) atoms. The molecule has 0 saturated heterocycles. The van der Waals surface area contributed by atoms with Crippen molar-refractivity contribution in [2.75, 3.05) is 6.54 Å². The van der Waals surface area contributed by atoms with Gasteiger partial charge in [0.05, 0.1) is 17.6 Å². The van der Waals surface area contributed by atoms with Crippen LogP contribution in [0.15, 0.2) is 30.5 Å². The van der Waals surface area contributed by atoms with Gasteiger partial charge < -0.3 is 5.32 Å². The highest BCUT2D eigenvalue weighted by Gasteiger charge is 2.07. The first-order valence-corrected chi connectivity index (χ1v) is 6.93. The molecule has 0 bridgehead atoms. The van der Waals surface area contributed by atoms with Gasteiger partial charge in [-0.05, 0) is 36.6 Å². The Kier molecular flexibility index (Phi) is 4.68. The van der Waals surface area contributed by atoms with Crippen molar-refractivity contribution in [3.05, 3.63) is 41.7 Å². The van der Waals surface area contributed by atoms with E-state index in [-0.39, 0.29) is 0 Å². The predicted octanol–water partition coefficient (Wildman–Crippen LogP) is 2.89. The summed E-state index contributed by atoms with van der Waals surface area (Å²) in [6.45, 7) is 8.37. The normalized spacial score (nSPS) is 11.2. The van der Waals surface area contributed by atoms with E-state index in [4.69, 9.17) is 0 Å². The summed E-state index contributed by atoms with van der Waals surface area (Å²) in [4.78, 5) is 0. The molecule has 4 heteroatoms. The molecule has 4 nitrogen and oxygen atoms in total. The Labute approximate surface area is 114 Å². The van der Waals surface area contributed by atoms with Crippen LogP contribution in [-0.4, -0.2) is 21.5 Å². The van der Waals surface area contributed by atoms with Crippen molar-refractivity contribution in [2.45, 2.75) is 39.7 Å². The molecule has 0 spiro atoms. The van der Waals surface area contributed by atoms with E-state index in [1.165, 1.54) is 5.56 Å². The second-order valence-corrected chi connectivity index (χ2v) is 5.06. The summed E-state index contributed by atoms with van der Waals surface area (Å²) in [6.07, 6.45) is 2.95. The molecule has 0 aliphatic rings. The van der Waals surface area contributed by atoms with E-state index in [1.807, 2.05) is 10.9 Å². The standard InChI is InChI=1S/C15H22N4/c1-4-8-16-10-15-11-17-18-19(15)14-7-5-6-13(9-14)12(2)3/h5-7,9,11-12,16H,4,8,10H2,1-3H3. The Hall–Kier alpha value is -1.68. The van der Waals surface area contributed by atoms with Crippen molar-refractivity contribution in [3.63, 3.8) is 0 Å². The van der Waals surface area contributed by atoms with Crippen LogP contribution in [0.1, 0.15) is 44.4 Å². The predicted molar refractivity (Wildman–Crippen MR) is 77.4 cm³/mol. The molecule has 102 valence electrons. The fourth-order valence-electron chi connectivity index (χ4n) is 2.00. The monoisotopic (exact) mass is 258 g/mol. The Morgan fingerprint density at radius 2 is 2.16 bits per heavy atom. The largest absolute Gasteiger partial charge is 0.311 e. The zero-order valence-electron chi connectivity index (χ0n) is 11.9. The van der Waals surface area contributed by atoms with Gasteiger partial charge >= 0.3 is 0 Å². The fourth-order valence-corrected chi connectivity index (χ4v) is 2.00. The van der Waals surface area contributed by atoms with Crippen molar-refractivity contribution < 1.29 is 0 Å². The minimum absolute atomic E-state index is 0.519. The second-order valence-electron chi connectivity index (χ2n) is 5.06. The number of rotatable bonds is 6. The van der Waals surface area contributed by atoms with Crippen molar-refractivity contribution in [1.29, 1.82) is 0 Å². The number of nitrogens with zero attached hydrogens (tertiary/aromatic N) is 3. The molecule has 0 radical (unpaired) electrons. The SMILES string of the molecule is CCCNCc1cnnn1-c1cccc(C(C)C)c1. The van der Waals surface area contributed by atoms with E-state index in [2.05, 4.69) is 60.7 Å². The number of hydrogen-bond donors (Lipinski definition) is 1. The molecule has 0 fully saturated rings. The molecule has 1 aromatic heterocycles. The first kappa shape index (κ1) is 13.7. The second kappa shape index (κ2) is 6.48. The molecule has 1 aromatic carbocycles.